The minimum Gasteiger partial charge on any atom is -0.396 e. The fourth-order valence-electron chi connectivity index (χ4n) is 3.60. The van der Waals surface area contributed by atoms with Gasteiger partial charge in [-0.05, 0) is 42.7 Å². The minimum absolute atomic E-state index is 0.0243. The predicted molar refractivity (Wildman–Crippen MR) is 88.8 cm³/mol. The number of benzene rings is 1. The van der Waals surface area contributed by atoms with Crippen LogP contribution in [0.1, 0.15) is 24.0 Å². The average molecular weight is 339 g/mol. The summed E-state index contributed by atoms with van der Waals surface area (Å²) in [5, 5.41) is 9.08. The lowest BCUT2D eigenvalue weighted by molar-refractivity contribution is 0.0433. The lowest BCUT2D eigenvalue weighted by Crippen LogP contribution is -2.40. The molecular formula is C17H25NO4S. The number of hydrogen-bond acceptors (Lipinski definition) is 4. The quantitative estimate of drug-likeness (QED) is 0.875. The Hall–Kier alpha value is -0.950. The molecule has 1 saturated heterocycles. The Balaban J connectivity index is 1.64. The molecule has 0 saturated carbocycles. The van der Waals surface area contributed by atoms with E-state index in [0.717, 1.165) is 12.8 Å². The van der Waals surface area contributed by atoms with Crippen LogP contribution >= 0.6 is 0 Å². The van der Waals surface area contributed by atoms with Gasteiger partial charge in [0.15, 0.2) is 0 Å². The molecule has 3 rings (SSSR count). The van der Waals surface area contributed by atoms with E-state index in [4.69, 9.17) is 9.84 Å². The van der Waals surface area contributed by atoms with Gasteiger partial charge in [-0.2, -0.15) is 4.31 Å². The highest BCUT2D eigenvalue weighted by molar-refractivity contribution is 7.89. The van der Waals surface area contributed by atoms with Crippen molar-refractivity contribution in [2.24, 2.45) is 5.92 Å². The lowest BCUT2D eigenvalue weighted by Gasteiger charge is -2.24. The molecular weight excluding hydrogens is 314 g/mol. The van der Waals surface area contributed by atoms with Gasteiger partial charge in [-0.25, -0.2) is 8.42 Å². The summed E-state index contributed by atoms with van der Waals surface area (Å²) < 4.78 is 32.8. The fourth-order valence-corrected chi connectivity index (χ4v) is 5.45. The molecule has 0 spiro atoms. The van der Waals surface area contributed by atoms with Gasteiger partial charge in [-0.15, -0.1) is 0 Å². The number of hydrogen-bond donors (Lipinski definition) is 1. The third kappa shape index (κ3) is 4.12. The van der Waals surface area contributed by atoms with E-state index in [-0.39, 0.29) is 24.4 Å². The van der Waals surface area contributed by atoms with Gasteiger partial charge in [0.05, 0.1) is 11.9 Å². The highest BCUT2D eigenvalue weighted by Gasteiger charge is 2.32. The number of aliphatic hydroxyl groups is 1. The summed E-state index contributed by atoms with van der Waals surface area (Å²) >= 11 is 0. The predicted octanol–water partition coefficient (Wildman–Crippen LogP) is 1.20. The molecule has 0 radical (unpaired) electrons. The Bertz CT molecular complexity index is 606. The summed E-state index contributed by atoms with van der Waals surface area (Å²) in [4.78, 5) is 0. The van der Waals surface area contributed by atoms with Crippen LogP contribution in [0.15, 0.2) is 24.3 Å². The molecule has 1 N–H and O–H groups in total. The molecule has 1 aliphatic carbocycles. The molecule has 0 aromatic heterocycles. The third-order valence-corrected chi connectivity index (χ3v) is 6.75. The van der Waals surface area contributed by atoms with E-state index in [1.54, 1.807) is 4.31 Å². The number of sulfonamides is 1. The normalized spacial score (nSPS) is 23.6. The zero-order valence-corrected chi connectivity index (χ0v) is 14.2. The van der Waals surface area contributed by atoms with Gasteiger partial charge in [0.25, 0.3) is 0 Å². The molecule has 1 heterocycles. The molecule has 0 bridgehead atoms. The van der Waals surface area contributed by atoms with Gasteiger partial charge < -0.3 is 9.84 Å². The zero-order chi connectivity index (χ0) is 16.3. The molecule has 1 aromatic carbocycles. The molecule has 23 heavy (non-hydrogen) atoms. The van der Waals surface area contributed by atoms with Gasteiger partial charge in [-0.1, -0.05) is 24.3 Å². The van der Waals surface area contributed by atoms with Crippen LogP contribution in [-0.4, -0.2) is 56.0 Å². The van der Waals surface area contributed by atoms with Gasteiger partial charge in [0.2, 0.25) is 10.0 Å². The van der Waals surface area contributed by atoms with Crippen LogP contribution in [0.25, 0.3) is 0 Å². The molecule has 0 amide bonds. The van der Waals surface area contributed by atoms with Crippen LogP contribution in [0.5, 0.6) is 0 Å². The molecule has 5 nitrogen and oxygen atoms in total. The van der Waals surface area contributed by atoms with E-state index in [1.165, 1.54) is 11.1 Å². The summed E-state index contributed by atoms with van der Waals surface area (Å²) in [6.07, 6.45) is 2.70. The first-order chi connectivity index (χ1) is 11.1. The average Bonchev–Trinajstić information content (AvgIpc) is 2.74. The molecule has 128 valence electrons. The standard InChI is InChI=1S/C17H25NO4S/c19-8-6-17-12-18(7-3-9-22-17)23(20,21)13-14-10-15-4-1-2-5-16(15)11-14/h1-2,4-5,14,17,19H,3,6-13H2. The number of ether oxygens (including phenoxy) is 1. The maximum Gasteiger partial charge on any atom is 0.214 e. The second-order valence-corrected chi connectivity index (χ2v) is 8.55. The summed E-state index contributed by atoms with van der Waals surface area (Å²) in [5.41, 5.74) is 2.56. The van der Waals surface area contributed by atoms with Crippen molar-refractivity contribution >= 4 is 10.0 Å². The van der Waals surface area contributed by atoms with Gasteiger partial charge in [0.1, 0.15) is 0 Å². The summed E-state index contributed by atoms with van der Waals surface area (Å²) in [5.74, 6) is 0.367. The molecule has 1 aliphatic heterocycles. The largest absolute Gasteiger partial charge is 0.396 e. The van der Waals surface area contributed by atoms with Crippen LogP contribution in [-0.2, 0) is 27.6 Å². The second kappa shape index (κ2) is 7.30. The Morgan fingerprint density at radius 2 is 1.91 bits per heavy atom. The number of fused-ring (bicyclic) bond motifs is 1. The van der Waals surface area contributed by atoms with Crippen molar-refractivity contribution in [2.45, 2.75) is 31.8 Å². The SMILES string of the molecule is O=S(=O)(CC1Cc2ccccc2C1)N1CCCOC(CCO)C1. The Morgan fingerprint density at radius 3 is 2.57 bits per heavy atom. The zero-order valence-electron chi connectivity index (χ0n) is 13.4. The van der Waals surface area contributed by atoms with Crippen LogP contribution in [0.2, 0.25) is 0 Å². The number of aliphatic hydroxyl groups excluding tert-OH is 1. The summed E-state index contributed by atoms with van der Waals surface area (Å²) in [6, 6.07) is 8.22. The molecule has 2 aliphatic rings. The van der Waals surface area contributed by atoms with Crippen molar-refractivity contribution < 1.29 is 18.3 Å². The Morgan fingerprint density at radius 1 is 1.22 bits per heavy atom. The molecule has 1 unspecified atom stereocenters. The summed E-state index contributed by atoms with van der Waals surface area (Å²) in [7, 11) is -3.29. The van der Waals surface area contributed by atoms with Crippen molar-refractivity contribution in [1.29, 1.82) is 0 Å². The summed E-state index contributed by atoms with van der Waals surface area (Å²) in [6.45, 7) is 1.47. The third-order valence-electron chi connectivity index (χ3n) is 4.74. The van der Waals surface area contributed by atoms with E-state index >= 15 is 0 Å². The monoisotopic (exact) mass is 339 g/mol. The van der Waals surface area contributed by atoms with Crippen molar-refractivity contribution in [1.82, 2.24) is 4.31 Å². The van der Waals surface area contributed by atoms with Crippen molar-refractivity contribution in [2.75, 3.05) is 32.1 Å². The fraction of sp³-hybridized carbons (Fsp3) is 0.647. The van der Waals surface area contributed by atoms with Gasteiger partial charge >= 0.3 is 0 Å². The Kier molecular flexibility index (Phi) is 5.36. The van der Waals surface area contributed by atoms with Crippen LogP contribution in [0, 0.1) is 5.92 Å². The smallest absolute Gasteiger partial charge is 0.214 e. The van der Waals surface area contributed by atoms with E-state index < -0.39 is 10.0 Å². The van der Waals surface area contributed by atoms with E-state index in [0.29, 0.717) is 32.5 Å². The van der Waals surface area contributed by atoms with Gasteiger partial charge in [-0.3, -0.25) is 0 Å². The maximum absolute atomic E-state index is 12.8. The van der Waals surface area contributed by atoms with Crippen molar-refractivity contribution in [3.63, 3.8) is 0 Å². The highest BCUT2D eigenvalue weighted by Crippen LogP contribution is 2.28. The molecule has 1 fully saturated rings. The van der Waals surface area contributed by atoms with Crippen LogP contribution in [0.4, 0.5) is 0 Å². The van der Waals surface area contributed by atoms with E-state index in [2.05, 4.69) is 12.1 Å². The van der Waals surface area contributed by atoms with E-state index in [1.807, 2.05) is 12.1 Å². The highest BCUT2D eigenvalue weighted by atomic mass is 32.2. The first-order valence-electron chi connectivity index (χ1n) is 8.35. The maximum atomic E-state index is 12.8. The number of rotatable bonds is 5. The first kappa shape index (κ1) is 16.9. The van der Waals surface area contributed by atoms with Crippen LogP contribution < -0.4 is 0 Å². The van der Waals surface area contributed by atoms with Crippen LogP contribution in [0.3, 0.4) is 0 Å². The van der Waals surface area contributed by atoms with E-state index in [9.17, 15) is 8.42 Å². The minimum atomic E-state index is -3.29. The number of nitrogens with zero attached hydrogens (tertiary/aromatic N) is 1. The molecule has 1 aromatic rings. The molecule has 6 heteroatoms. The Labute approximate surface area is 138 Å². The topological polar surface area (TPSA) is 66.8 Å². The molecule has 1 atom stereocenters. The second-order valence-electron chi connectivity index (χ2n) is 6.54. The lowest BCUT2D eigenvalue weighted by atomic mass is 10.1. The van der Waals surface area contributed by atoms with Crippen molar-refractivity contribution in [3.8, 4) is 0 Å². The van der Waals surface area contributed by atoms with Gasteiger partial charge in [0, 0.05) is 26.3 Å². The first-order valence-corrected chi connectivity index (χ1v) is 9.96. The van der Waals surface area contributed by atoms with Crippen molar-refractivity contribution in [3.05, 3.63) is 35.4 Å².